The predicted molar refractivity (Wildman–Crippen MR) is 140 cm³/mol. The van der Waals surface area contributed by atoms with Gasteiger partial charge in [-0.2, -0.15) is 0 Å². The Balaban J connectivity index is 1.74. The van der Waals surface area contributed by atoms with E-state index in [4.69, 9.17) is 21.3 Å². The Bertz CT molecular complexity index is 1580. The molecule has 1 aliphatic heterocycles. The number of ether oxygens (including phenoxy) is 1. The van der Waals surface area contributed by atoms with Crippen LogP contribution in [-0.2, 0) is 19.2 Å². The first-order chi connectivity index (χ1) is 17.6. The average Bonchev–Trinajstić information content (AvgIpc) is 3.34. The molecule has 0 aliphatic carbocycles. The lowest BCUT2D eigenvalue weighted by Gasteiger charge is -2.37. The summed E-state index contributed by atoms with van der Waals surface area (Å²) >= 11 is 6.63. The highest BCUT2D eigenvalue weighted by molar-refractivity contribution is 6.31. The van der Waals surface area contributed by atoms with Crippen molar-refractivity contribution in [3.8, 4) is 17.0 Å². The van der Waals surface area contributed by atoms with E-state index in [1.807, 2.05) is 72.5 Å². The van der Waals surface area contributed by atoms with E-state index in [2.05, 4.69) is 28.5 Å². The standard InChI is InChI=1S/C29H24ClFN4O/c1-35-18-32-16-27(35)29(34-12-10-31)22-7-8-26(30)21(13-22)17-36-24-4-2-3-20(14-24)28-25-15-23(29)6-5-19(25)9-11-33-28/h2-9,11,13-16,18,34H,10,12,17H2,1H3. The largest absolute Gasteiger partial charge is 0.489 e. The summed E-state index contributed by atoms with van der Waals surface area (Å²) in [7, 11) is 1.95. The van der Waals surface area contributed by atoms with E-state index in [1.165, 1.54) is 0 Å². The van der Waals surface area contributed by atoms with Crippen molar-refractivity contribution in [2.24, 2.45) is 7.05 Å². The maximum atomic E-state index is 13.7. The number of aryl methyl sites for hydroxylation is 1. The van der Waals surface area contributed by atoms with E-state index in [0.29, 0.717) is 5.02 Å². The summed E-state index contributed by atoms with van der Waals surface area (Å²) < 4.78 is 21.9. The first kappa shape index (κ1) is 22.7. The third-order valence-corrected chi connectivity index (χ3v) is 7.23. The maximum Gasteiger partial charge on any atom is 0.120 e. The maximum absolute atomic E-state index is 13.7. The van der Waals surface area contributed by atoms with Crippen molar-refractivity contribution in [3.05, 3.63) is 113 Å². The molecule has 1 aliphatic rings. The minimum atomic E-state index is -0.898. The van der Waals surface area contributed by atoms with Gasteiger partial charge < -0.3 is 9.30 Å². The minimum absolute atomic E-state index is 0.151. The van der Waals surface area contributed by atoms with Gasteiger partial charge in [0.1, 0.15) is 24.6 Å². The van der Waals surface area contributed by atoms with Crippen molar-refractivity contribution >= 4 is 22.4 Å². The molecule has 36 heavy (non-hydrogen) atoms. The van der Waals surface area contributed by atoms with Gasteiger partial charge in [-0.05, 0) is 52.9 Å². The topological polar surface area (TPSA) is 52.0 Å². The number of nitrogens with one attached hydrogen (secondary N) is 1. The number of rotatable bonds is 4. The molecule has 2 aromatic heterocycles. The average molecular weight is 499 g/mol. The number of pyridine rings is 1. The number of benzene rings is 3. The first-order valence-electron chi connectivity index (χ1n) is 11.8. The van der Waals surface area contributed by atoms with Gasteiger partial charge in [0.05, 0.1) is 23.9 Å². The lowest BCUT2D eigenvalue weighted by Crippen LogP contribution is -2.47. The Morgan fingerprint density at radius 1 is 1.08 bits per heavy atom. The zero-order chi connectivity index (χ0) is 24.7. The minimum Gasteiger partial charge on any atom is -0.489 e. The zero-order valence-corrected chi connectivity index (χ0v) is 20.5. The first-order valence-corrected chi connectivity index (χ1v) is 12.2. The summed E-state index contributed by atoms with van der Waals surface area (Å²) in [5.41, 5.74) is 4.49. The monoisotopic (exact) mass is 498 g/mol. The second-order valence-corrected chi connectivity index (χ2v) is 9.38. The molecule has 7 heteroatoms. The molecule has 6 bridgehead atoms. The van der Waals surface area contributed by atoms with Crippen LogP contribution in [0.25, 0.3) is 22.0 Å². The van der Waals surface area contributed by atoms with Crippen LogP contribution in [0.4, 0.5) is 4.39 Å². The van der Waals surface area contributed by atoms with Crippen LogP contribution in [0.5, 0.6) is 5.75 Å². The molecule has 0 radical (unpaired) electrons. The fraction of sp³-hybridized carbons (Fsp3) is 0.172. The number of halogens is 2. The number of hydrogen-bond donors (Lipinski definition) is 1. The number of imidazole rings is 1. The molecule has 1 unspecified atom stereocenters. The molecular weight excluding hydrogens is 475 g/mol. The van der Waals surface area contributed by atoms with Crippen molar-refractivity contribution in [1.29, 1.82) is 0 Å². The predicted octanol–water partition coefficient (Wildman–Crippen LogP) is 6.03. The summed E-state index contributed by atoms with van der Waals surface area (Å²) in [6.45, 7) is -0.0797. The second-order valence-electron chi connectivity index (χ2n) is 8.97. The van der Waals surface area contributed by atoms with Crippen molar-refractivity contribution in [2.45, 2.75) is 12.1 Å². The molecule has 6 rings (SSSR count). The highest BCUT2D eigenvalue weighted by Crippen LogP contribution is 2.41. The van der Waals surface area contributed by atoms with Gasteiger partial charge in [0.25, 0.3) is 0 Å². The van der Waals surface area contributed by atoms with E-state index < -0.39 is 12.2 Å². The van der Waals surface area contributed by atoms with Crippen LogP contribution in [0.3, 0.4) is 0 Å². The molecule has 180 valence electrons. The molecule has 5 nitrogen and oxygen atoms in total. The molecule has 0 spiro atoms. The van der Waals surface area contributed by atoms with Gasteiger partial charge in [-0.3, -0.25) is 10.3 Å². The molecule has 0 saturated carbocycles. The zero-order valence-electron chi connectivity index (χ0n) is 19.7. The smallest absolute Gasteiger partial charge is 0.120 e. The quantitative estimate of drug-likeness (QED) is 0.328. The van der Waals surface area contributed by atoms with Gasteiger partial charge >= 0.3 is 0 Å². The number of nitrogens with zero attached hydrogens (tertiary/aromatic N) is 3. The van der Waals surface area contributed by atoms with Gasteiger partial charge in [-0.25, -0.2) is 9.37 Å². The van der Waals surface area contributed by atoms with Crippen LogP contribution >= 0.6 is 11.6 Å². The van der Waals surface area contributed by atoms with Gasteiger partial charge in [-0.15, -0.1) is 0 Å². The Labute approximate surface area is 213 Å². The normalized spacial score (nSPS) is 16.8. The van der Waals surface area contributed by atoms with Crippen LogP contribution in [0.15, 0.2) is 85.5 Å². The van der Waals surface area contributed by atoms with Crippen LogP contribution in [0.1, 0.15) is 22.4 Å². The van der Waals surface area contributed by atoms with Crippen molar-refractivity contribution in [2.75, 3.05) is 13.2 Å². The van der Waals surface area contributed by atoms with Crippen LogP contribution < -0.4 is 10.1 Å². The molecule has 3 heterocycles. The fourth-order valence-electron chi connectivity index (χ4n) is 5.15. The van der Waals surface area contributed by atoms with Crippen molar-refractivity contribution in [1.82, 2.24) is 19.9 Å². The summed E-state index contributed by atoms with van der Waals surface area (Å²) in [5, 5.41) is 6.19. The molecule has 0 amide bonds. The van der Waals surface area contributed by atoms with Gasteiger partial charge in [0.15, 0.2) is 0 Å². The van der Waals surface area contributed by atoms with E-state index in [1.54, 1.807) is 6.33 Å². The highest BCUT2D eigenvalue weighted by Gasteiger charge is 2.39. The molecule has 1 N–H and O–H groups in total. The fourth-order valence-corrected chi connectivity index (χ4v) is 5.33. The highest BCUT2D eigenvalue weighted by atomic mass is 35.5. The summed E-state index contributed by atoms with van der Waals surface area (Å²) in [6.07, 6.45) is 5.40. The number of hydrogen-bond acceptors (Lipinski definition) is 4. The third-order valence-electron chi connectivity index (χ3n) is 6.87. The lowest BCUT2D eigenvalue weighted by molar-refractivity contribution is 0.306. The molecular formula is C29H24ClFN4O. The van der Waals surface area contributed by atoms with Crippen LogP contribution in [0.2, 0.25) is 5.02 Å². The number of fused-ring (bicyclic) bond motifs is 6. The Hall–Kier alpha value is -3.74. The van der Waals surface area contributed by atoms with E-state index in [-0.39, 0.29) is 13.2 Å². The Morgan fingerprint density at radius 2 is 1.94 bits per heavy atom. The summed E-state index contributed by atoms with van der Waals surface area (Å²) in [6, 6.07) is 22.2. The van der Waals surface area contributed by atoms with Crippen molar-refractivity contribution < 1.29 is 9.13 Å². The van der Waals surface area contributed by atoms with Crippen LogP contribution in [0, 0.1) is 0 Å². The van der Waals surface area contributed by atoms with Gasteiger partial charge in [0.2, 0.25) is 0 Å². The number of aromatic nitrogens is 3. The SMILES string of the molecule is Cn1cncc1C1(NCCF)c2ccc(Cl)c(c2)COc2cccc(c2)-c2nccc3ccc1cc23. The lowest BCUT2D eigenvalue weighted by atomic mass is 9.78. The van der Waals surface area contributed by atoms with Crippen LogP contribution in [-0.4, -0.2) is 27.8 Å². The Kier molecular flexibility index (Phi) is 5.70. The Morgan fingerprint density at radius 3 is 2.78 bits per heavy atom. The van der Waals surface area contributed by atoms with Gasteiger partial charge in [-0.1, -0.05) is 41.9 Å². The number of alkyl halides is 1. The van der Waals surface area contributed by atoms with E-state index >= 15 is 0 Å². The molecule has 3 aromatic carbocycles. The third kappa shape index (κ3) is 3.65. The second kappa shape index (κ2) is 9.04. The van der Waals surface area contributed by atoms with E-state index in [0.717, 1.165) is 50.2 Å². The molecule has 1 atom stereocenters. The summed E-state index contributed by atoms with van der Waals surface area (Å²) in [5.74, 6) is 0.733. The molecule has 0 fully saturated rings. The molecule has 5 aromatic rings. The molecule has 0 saturated heterocycles. The van der Waals surface area contributed by atoms with Gasteiger partial charge in [0, 0.05) is 41.3 Å². The van der Waals surface area contributed by atoms with E-state index in [9.17, 15) is 4.39 Å². The summed E-state index contributed by atoms with van der Waals surface area (Å²) in [4.78, 5) is 9.16. The van der Waals surface area contributed by atoms with Crippen molar-refractivity contribution in [3.63, 3.8) is 0 Å².